The molecule has 2 atom stereocenters. The second kappa shape index (κ2) is 8.31. The smallest absolute Gasteiger partial charge is 0.272 e. The molecule has 3 rings (SSSR count). The molecule has 1 amide bonds. The Balaban J connectivity index is 1.81. The fraction of sp³-hybridized carbons (Fsp3) is 0.737. The first-order valence-corrected chi connectivity index (χ1v) is 9.73. The van der Waals surface area contributed by atoms with Crippen LogP contribution in [0.15, 0.2) is 0 Å². The van der Waals surface area contributed by atoms with Crippen LogP contribution in [0.25, 0.3) is 0 Å². The summed E-state index contributed by atoms with van der Waals surface area (Å²) in [6.07, 6.45) is 6.54. The monoisotopic (exact) mass is 361 g/mol. The van der Waals surface area contributed by atoms with Crippen LogP contribution in [0.4, 0.5) is 5.95 Å². The van der Waals surface area contributed by atoms with Crippen molar-refractivity contribution in [3.8, 4) is 0 Å². The van der Waals surface area contributed by atoms with Crippen molar-refractivity contribution >= 4 is 11.9 Å². The van der Waals surface area contributed by atoms with Crippen molar-refractivity contribution in [1.82, 2.24) is 19.8 Å². The third-order valence-electron chi connectivity index (χ3n) is 5.78. The van der Waals surface area contributed by atoms with Crippen molar-refractivity contribution in [2.45, 2.75) is 51.0 Å². The van der Waals surface area contributed by atoms with Gasteiger partial charge in [-0.25, -0.2) is 9.97 Å². The summed E-state index contributed by atoms with van der Waals surface area (Å²) in [5, 5.41) is 9.21. The first-order chi connectivity index (χ1) is 12.5. The van der Waals surface area contributed by atoms with Crippen molar-refractivity contribution in [2.75, 3.05) is 39.5 Å². The van der Waals surface area contributed by atoms with Gasteiger partial charge in [0.05, 0.1) is 0 Å². The predicted molar refractivity (Wildman–Crippen MR) is 101 cm³/mol. The summed E-state index contributed by atoms with van der Waals surface area (Å²) in [7, 11) is 4.19. The number of aryl methyl sites for hydroxylation is 1. The van der Waals surface area contributed by atoms with Crippen LogP contribution in [-0.4, -0.2) is 70.6 Å². The van der Waals surface area contributed by atoms with Gasteiger partial charge >= 0.3 is 0 Å². The number of rotatable bonds is 5. The van der Waals surface area contributed by atoms with Crippen molar-refractivity contribution in [1.29, 1.82) is 0 Å². The average molecular weight is 361 g/mol. The van der Waals surface area contributed by atoms with Gasteiger partial charge in [-0.05, 0) is 65.0 Å². The van der Waals surface area contributed by atoms with E-state index < -0.39 is 0 Å². The molecule has 2 heterocycles. The molecular weight excluding hydrogens is 330 g/mol. The van der Waals surface area contributed by atoms with E-state index in [0.717, 1.165) is 62.7 Å². The fourth-order valence-electron chi connectivity index (χ4n) is 4.46. The Bertz CT molecular complexity index is 649. The quantitative estimate of drug-likeness (QED) is 0.815. The molecule has 0 bridgehead atoms. The molecule has 1 saturated heterocycles. The van der Waals surface area contributed by atoms with Crippen LogP contribution in [0, 0.1) is 5.92 Å². The molecule has 1 aliphatic heterocycles. The van der Waals surface area contributed by atoms with Crippen LogP contribution in [0.3, 0.4) is 0 Å². The average Bonchev–Trinajstić information content (AvgIpc) is 2.64. The van der Waals surface area contributed by atoms with Gasteiger partial charge in [0.1, 0.15) is 5.69 Å². The van der Waals surface area contributed by atoms with Gasteiger partial charge in [-0.1, -0.05) is 0 Å². The largest absolute Gasteiger partial charge is 0.396 e. The zero-order chi connectivity index (χ0) is 18.7. The number of piperidine rings is 1. The van der Waals surface area contributed by atoms with E-state index in [-0.39, 0.29) is 18.5 Å². The number of aliphatic hydroxyl groups excluding tert-OH is 1. The molecule has 7 nitrogen and oxygen atoms in total. The molecule has 1 aromatic heterocycles. The normalized spacial score (nSPS) is 23.2. The van der Waals surface area contributed by atoms with Gasteiger partial charge in [0.25, 0.3) is 5.91 Å². The SMILES string of the molecule is CN(C)[C@@H]1CCN(C(=O)c2nc(N)nc3c2CCCC3)C[C@@H]1CCCO. The summed E-state index contributed by atoms with van der Waals surface area (Å²) in [6.45, 7) is 1.64. The number of fused-ring (bicyclic) bond motifs is 1. The highest BCUT2D eigenvalue weighted by molar-refractivity contribution is 5.94. The number of aromatic nitrogens is 2. The molecule has 0 radical (unpaired) electrons. The number of hydrogen-bond donors (Lipinski definition) is 2. The first kappa shape index (κ1) is 19.0. The van der Waals surface area contributed by atoms with Gasteiger partial charge < -0.3 is 20.6 Å². The minimum Gasteiger partial charge on any atom is -0.396 e. The second-order valence-corrected chi connectivity index (χ2v) is 7.76. The molecule has 0 saturated carbocycles. The summed E-state index contributed by atoms with van der Waals surface area (Å²) >= 11 is 0. The maximum atomic E-state index is 13.2. The zero-order valence-electron chi connectivity index (χ0n) is 15.9. The number of likely N-dealkylation sites (tertiary alicyclic amines) is 1. The van der Waals surface area contributed by atoms with Gasteiger partial charge in [0, 0.05) is 37.0 Å². The highest BCUT2D eigenvalue weighted by Crippen LogP contribution is 2.28. The minimum absolute atomic E-state index is 0.0107. The lowest BCUT2D eigenvalue weighted by molar-refractivity contribution is 0.0489. The summed E-state index contributed by atoms with van der Waals surface area (Å²) < 4.78 is 0. The van der Waals surface area contributed by atoms with Crippen molar-refractivity contribution in [2.24, 2.45) is 5.92 Å². The summed E-state index contributed by atoms with van der Waals surface area (Å²) in [5.41, 5.74) is 8.34. The van der Waals surface area contributed by atoms with E-state index in [1.165, 1.54) is 0 Å². The summed E-state index contributed by atoms with van der Waals surface area (Å²) in [5.74, 6) is 0.558. The highest BCUT2D eigenvalue weighted by atomic mass is 16.3. The second-order valence-electron chi connectivity index (χ2n) is 7.76. The molecule has 26 heavy (non-hydrogen) atoms. The Kier molecular flexibility index (Phi) is 6.09. The van der Waals surface area contributed by atoms with Crippen molar-refractivity contribution < 1.29 is 9.90 Å². The number of nitrogens with zero attached hydrogens (tertiary/aromatic N) is 4. The molecule has 2 aliphatic rings. The number of carbonyl (C=O) groups excluding carboxylic acids is 1. The molecule has 0 aromatic carbocycles. The van der Waals surface area contributed by atoms with E-state index in [2.05, 4.69) is 29.0 Å². The van der Waals surface area contributed by atoms with Crippen LogP contribution < -0.4 is 5.73 Å². The van der Waals surface area contributed by atoms with E-state index in [1.807, 2.05) is 4.90 Å². The Hall–Kier alpha value is -1.73. The molecule has 1 fully saturated rings. The van der Waals surface area contributed by atoms with Crippen LogP contribution in [0.2, 0.25) is 0 Å². The molecule has 1 aromatic rings. The molecule has 0 spiro atoms. The lowest BCUT2D eigenvalue weighted by Gasteiger charge is -2.41. The van der Waals surface area contributed by atoms with Gasteiger partial charge in [-0.3, -0.25) is 4.79 Å². The first-order valence-electron chi connectivity index (χ1n) is 9.73. The van der Waals surface area contributed by atoms with E-state index in [4.69, 9.17) is 5.73 Å². The van der Waals surface area contributed by atoms with Crippen molar-refractivity contribution in [3.05, 3.63) is 17.0 Å². The topological polar surface area (TPSA) is 95.6 Å². The highest BCUT2D eigenvalue weighted by Gasteiger charge is 2.34. The van der Waals surface area contributed by atoms with Gasteiger partial charge in [-0.2, -0.15) is 0 Å². The Morgan fingerprint density at radius 3 is 2.81 bits per heavy atom. The number of amides is 1. The number of nitrogen functional groups attached to an aromatic ring is 1. The third kappa shape index (κ3) is 3.99. The van der Waals surface area contributed by atoms with E-state index in [1.54, 1.807) is 0 Å². The Morgan fingerprint density at radius 1 is 1.31 bits per heavy atom. The number of nitrogens with two attached hydrogens (primary N) is 1. The van der Waals surface area contributed by atoms with Crippen LogP contribution in [0.1, 0.15) is 53.8 Å². The molecule has 3 N–H and O–H groups in total. The van der Waals surface area contributed by atoms with Gasteiger partial charge in [0.15, 0.2) is 0 Å². The van der Waals surface area contributed by atoms with Crippen LogP contribution in [0.5, 0.6) is 0 Å². The minimum atomic E-state index is -0.0107. The number of hydrogen-bond acceptors (Lipinski definition) is 6. The van der Waals surface area contributed by atoms with E-state index >= 15 is 0 Å². The van der Waals surface area contributed by atoms with Gasteiger partial charge in [0.2, 0.25) is 5.95 Å². The maximum Gasteiger partial charge on any atom is 0.272 e. The third-order valence-corrected chi connectivity index (χ3v) is 5.78. The fourth-order valence-corrected chi connectivity index (χ4v) is 4.46. The molecular formula is C19H31N5O2. The summed E-state index contributed by atoms with van der Waals surface area (Å²) in [4.78, 5) is 26.1. The summed E-state index contributed by atoms with van der Waals surface area (Å²) in [6, 6.07) is 0.440. The maximum absolute atomic E-state index is 13.2. The number of anilines is 1. The molecule has 7 heteroatoms. The lowest BCUT2D eigenvalue weighted by atomic mass is 9.87. The molecule has 144 valence electrons. The predicted octanol–water partition coefficient (Wildman–Crippen LogP) is 1.10. The molecule has 0 unspecified atom stereocenters. The van der Waals surface area contributed by atoms with Crippen LogP contribution >= 0.6 is 0 Å². The number of aliphatic hydroxyl groups is 1. The van der Waals surface area contributed by atoms with E-state index in [0.29, 0.717) is 24.2 Å². The Morgan fingerprint density at radius 2 is 2.08 bits per heavy atom. The molecule has 1 aliphatic carbocycles. The Labute approximate surface area is 155 Å². The van der Waals surface area contributed by atoms with E-state index in [9.17, 15) is 9.90 Å². The van der Waals surface area contributed by atoms with Crippen LogP contribution in [-0.2, 0) is 12.8 Å². The zero-order valence-corrected chi connectivity index (χ0v) is 15.9. The standard InChI is InChI=1S/C19H31N5O2/c1-23(2)16-9-10-24(12-13(16)6-5-11-25)18(26)17-14-7-3-4-8-15(14)21-19(20)22-17/h13,16,25H,3-12H2,1-2H3,(H2,20,21,22)/t13-,16+/m0/s1. The van der Waals surface area contributed by atoms with Crippen molar-refractivity contribution in [3.63, 3.8) is 0 Å². The lowest BCUT2D eigenvalue weighted by Crippen LogP contribution is -2.51. The number of carbonyl (C=O) groups is 1. The van der Waals surface area contributed by atoms with Gasteiger partial charge in [-0.15, -0.1) is 0 Å².